The molecule has 0 saturated heterocycles. The van der Waals surface area contributed by atoms with E-state index in [1.54, 1.807) is 12.4 Å². The summed E-state index contributed by atoms with van der Waals surface area (Å²) in [5.41, 5.74) is 2.47. The molecule has 0 bridgehead atoms. The Balaban J connectivity index is 1.96. The van der Waals surface area contributed by atoms with Crippen LogP contribution in [0.1, 0.15) is 16.7 Å². The molecule has 3 nitrogen and oxygen atoms in total. The van der Waals surface area contributed by atoms with Crippen LogP contribution in [0, 0.1) is 17.1 Å². The van der Waals surface area contributed by atoms with Crippen LogP contribution in [0.15, 0.2) is 42.7 Å². The van der Waals surface area contributed by atoms with E-state index in [0.29, 0.717) is 12.1 Å². The van der Waals surface area contributed by atoms with Crippen LogP contribution in [-0.2, 0) is 13.0 Å². The molecule has 0 amide bonds. The Kier molecular flexibility index (Phi) is 4.80. The number of halogens is 1. The molecule has 0 saturated carbocycles. The lowest BCUT2D eigenvalue weighted by Gasteiger charge is -2.17. The summed E-state index contributed by atoms with van der Waals surface area (Å²) < 4.78 is 13.2. The number of nitriles is 1. The van der Waals surface area contributed by atoms with Gasteiger partial charge in [-0.05, 0) is 54.9 Å². The molecule has 0 fully saturated rings. The minimum absolute atomic E-state index is 0.304. The zero-order valence-corrected chi connectivity index (χ0v) is 11.4. The number of benzene rings is 1. The molecule has 2 aromatic rings. The summed E-state index contributed by atoms with van der Waals surface area (Å²) in [7, 11) is 1.97. The fourth-order valence-electron chi connectivity index (χ4n) is 2.04. The van der Waals surface area contributed by atoms with Gasteiger partial charge in [0.25, 0.3) is 0 Å². The third-order valence-corrected chi connectivity index (χ3v) is 3.16. The number of nitrogens with zero attached hydrogens (tertiary/aromatic N) is 3. The smallest absolute Gasteiger partial charge is 0.123 e. The van der Waals surface area contributed by atoms with Gasteiger partial charge < -0.3 is 4.90 Å². The number of hydrogen-bond acceptors (Lipinski definition) is 3. The van der Waals surface area contributed by atoms with Gasteiger partial charge >= 0.3 is 0 Å². The highest BCUT2D eigenvalue weighted by atomic mass is 19.1. The van der Waals surface area contributed by atoms with Crippen LogP contribution in [0.4, 0.5) is 4.39 Å². The molecule has 0 radical (unpaired) electrons. The van der Waals surface area contributed by atoms with Gasteiger partial charge in [0.05, 0.1) is 11.6 Å². The number of aromatic nitrogens is 1. The Morgan fingerprint density at radius 3 is 2.70 bits per heavy atom. The van der Waals surface area contributed by atoms with Crippen molar-refractivity contribution in [3.63, 3.8) is 0 Å². The maximum absolute atomic E-state index is 13.2. The highest BCUT2D eigenvalue weighted by molar-refractivity contribution is 5.37. The molecule has 0 aliphatic carbocycles. The molecule has 0 atom stereocenters. The fourth-order valence-corrected chi connectivity index (χ4v) is 2.04. The summed E-state index contributed by atoms with van der Waals surface area (Å²) in [6.07, 6.45) is 4.45. The van der Waals surface area contributed by atoms with E-state index < -0.39 is 0 Å². The van der Waals surface area contributed by atoms with Gasteiger partial charge in [-0.15, -0.1) is 0 Å². The third-order valence-electron chi connectivity index (χ3n) is 3.16. The first-order valence-electron chi connectivity index (χ1n) is 6.45. The van der Waals surface area contributed by atoms with Gasteiger partial charge in [0, 0.05) is 25.5 Å². The van der Waals surface area contributed by atoms with Gasteiger partial charge in [-0.2, -0.15) is 5.26 Å². The van der Waals surface area contributed by atoms with Crippen molar-refractivity contribution < 1.29 is 4.39 Å². The van der Waals surface area contributed by atoms with Gasteiger partial charge in [0.2, 0.25) is 0 Å². The molecule has 1 heterocycles. The molecule has 1 aromatic heterocycles. The van der Waals surface area contributed by atoms with Crippen LogP contribution in [-0.4, -0.2) is 23.5 Å². The molecule has 0 aliphatic rings. The maximum Gasteiger partial charge on any atom is 0.123 e. The Morgan fingerprint density at radius 1 is 1.25 bits per heavy atom. The Bertz CT molecular complexity index is 605. The van der Waals surface area contributed by atoms with Crippen molar-refractivity contribution >= 4 is 0 Å². The standard InChI is InChI=1S/C16H16FN3/c1-20(9-6-13-4-7-19-8-5-13)12-15-10-16(17)3-2-14(15)11-18/h2-5,7-8,10H,6,9,12H2,1H3. The summed E-state index contributed by atoms with van der Waals surface area (Å²) in [6, 6.07) is 10.3. The van der Waals surface area contributed by atoms with E-state index in [9.17, 15) is 4.39 Å². The number of rotatable bonds is 5. The largest absolute Gasteiger partial charge is 0.302 e. The molecular weight excluding hydrogens is 253 g/mol. The monoisotopic (exact) mass is 269 g/mol. The van der Waals surface area contributed by atoms with E-state index in [-0.39, 0.29) is 5.82 Å². The summed E-state index contributed by atoms with van der Waals surface area (Å²) >= 11 is 0. The summed E-state index contributed by atoms with van der Waals surface area (Å²) in [5, 5.41) is 9.03. The van der Waals surface area contributed by atoms with Gasteiger partial charge in [-0.1, -0.05) is 0 Å². The summed E-state index contributed by atoms with van der Waals surface area (Å²) in [6.45, 7) is 1.40. The minimum Gasteiger partial charge on any atom is -0.302 e. The zero-order valence-electron chi connectivity index (χ0n) is 11.4. The molecule has 20 heavy (non-hydrogen) atoms. The summed E-state index contributed by atoms with van der Waals surface area (Å²) in [4.78, 5) is 6.06. The summed E-state index contributed by atoms with van der Waals surface area (Å²) in [5.74, 6) is -0.304. The lowest BCUT2D eigenvalue weighted by molar-refractivity contribution is 0.330. The molecule has 0 unspecified atom stereocenters. The molecule has 0 N–H and O–H groups in total. The van der Waals surface area contributed by atoms with Gasteiger partial charge in [0.1, 0.15) is 5.82 Å². The molecular formula is C16H16FN3. The van der Waals surface area contributed by atoms with Crippen LogP contribution in [0.3, 0.4) is 0 Å². The van der Waals surface area contributed by atoms with Crippen LogP contribution >= 0.6 is 0 Å². The van der Waals surface area contributed by atoms with Crippen LogP contribution < -0.4 is 0 Å². The lowest BCUT2D eigenvalue weighted by Crippen LogP contribution is -2.21. The Morgan fingerprint density at radius 2 is 2.00 bits per heavy atom. The van der Waals surface area contributed by atoms with Crippen molar-refractivity contribution in [2.24, 2.45) is 0 Å². The quantitative estimate of drug-likeness (QED) is 0.838. The first-order chi connectivity index (χ1) is 9.69. The van der Waals surface area contributed by atoms with Gasteiger partial charge in [0.15, 0.2) is 0 Å². The van der Waals surface area contributed by atoms with Crippen molar-refractivity contribution in [1.82, 2.24) is 9.88 Å². The normalized spacial score (nSPS) is 10.5. The van der Waals surface area contributed by atoms with Crippen molar-refractivity contribution in [3.05, 3.63) is 65.2 Å². The van der Waals surface area contributed by atoms with Gasteiger partial charge in [-0.3, -0.25) is 4.98 Å². The SMILES string of the molecule is CN(CCc1ccncc1)Cc1cc(F)ccc1C#N. The molecule has 0 aliphatic heterocycles. The minimum atomic E-state index is -0.304. The van der Waals surface area contributed by atoms with Crippen molar-refractivity contribution in [1.29, 1.82) is 5.26 Å². The van der Waals surface area contributed by atoms with Crippen LogP contribution in [0.25, 0.3) is 0 Å². The zero-order chi connectivity index (χ0) is 14.4. The number of pyridine rings is 1. The predicted octanol–water partition coefficient (Wildman–Crippen LogP) is 2.77. The van der Waals surface area contributed by atoms with E-state index >= 15 is 0 Å². The second kappa shape index (κ2) is 6.78. The molecule has 2 rings (SSSR count). The predicted molar refractivity (Wildman–Crippen MR) is 75.4 cm³/mol. The third kappa shape index (κ3) is 3.87. The topological polar surface area (TPSA) is 39.9 Å². The van der Waals surface area contributed by atoms with Crippen LogP contribution in [0.2, 0.25) is 0 Å². The molecule has 1 aromatic carbocycles. The molecule has 4 heteroatoms. The number of hydrogen-bond donors (Lipinski definition) is 0. The highest BCUT2D eigenvalue weighted by Crippen LogP contribution is 2.13. The Hall–Kier alpha value is -2.25. The van der Waals surface area contributed by atoms with Crippen molar-refractivity contribution in [2.75, 3.05) is 13.6 Å². The second-order valence-electron chi connectivity index (χ2n) is 4.76. The van der Waals surface area contributed by atoms with E-state index in [0.717, 1.165) is 18.5 Å². The lowest BCUT2D eigenvalue weighted by atomic mass is 10.1. The maximum atomic E-state index is 13.2. The van der Waals surface area contributed by atoms with E-state index in [4.69, 9.17) is 5.26 Å². The highest BCUT2D eigenvalue weighted by Gasteiger charge is 2.07. The van der Waals surface area contributed by atoms with Crippen molar-refractivity contribution in [2.45, 2.75) is 13.0 Å². The first kappa shape index (κ1) is 14.2. The van der Waals surface area contributed by atoms with E-state index in [1.165, 1.54) is 23.8 Å². The molecule has 0 spiro atoms. The average molecular weight is 269 g/mol. The van der Waals surface area contributed by atoms with E-state index in [1.807, 2.05) is 19.2 Å². The van der Waals surface area contributed by atoms with Crippen LogP contribution in [0.5, 0.6) is 0 Å². The van der Waals surface area contributed by atoms with Gasteiger partial charge in [-0.25, -0.2) is 4.39 Å². The number of likely N-dealkylation sites (N-methyl/N-ethyl adjacent to an activating group) is 1. The van der Waals surface area contributed by atoms with E-state index in [2.05, 4.69) is 16.0 Å². The first-order valence-corrected chi connectivity index (χ1v) is 6.45. The fraction of sp³-hybridized carbons (Fsp3) is 0.250. The Labute approximate surface area is 118 Å². The second-order valence-corrected chi connectivity index (χ2v) is 4.76. The van der Waals surface area contributed by atoms with Crippen molar-refractivity contribution in [3.8, 4) is 6.07 Å². The average Bonchev–Trinajstić information content (AvgIpc) is 2.46. The molecule has 102 valence electrons.